The van der Waals surface area contributed by atoms with Crippen molar-refractivity contribution in [1.82, 2.24) is 71.9 Å². The predicted octanol–water partition coefficient (Wildman–Crippen LogP) is 3.51. The van der Waals surface area contributed by atoms with Crippen LogP contribution in [-0.2, 0) is 57.3 Å². The van der Waals surface area contributed by atoms with E-state index in [1.807, 2.05) is 87.8 Å². The van der Waals surface area contributed by atoms with Crippen LogP contribution < -0.4 is 31.2 Å². The lowest BCUT2D eigenvalue weighted by Crippen LogP contribution is -2.39. The lowest BCUT2D eigenvalue weighted by atomic mass is 9.95. The van der Waals surface area contributed by atoms with Crippen LogP contribution in [0.2, 0.25) is 0 Å². The van der Waals surface area contributed by atoms with Crippen molar-refractivity contribution in [3.63, 3.8) is 0 Å². The molecule has 0 bridgehead atoms. The van der Waals surface area contributed by atoms with Crippen molar-refractivity contribution in [2.45, 2.75) is 197 Å². The molecular formula is C43H77N15O12S4. The largest absolute Gasteiger partial charge is 0.491 e. The molecule has 2 aliphatic rings. The number of aromatic nitrogens is 11. The molecule has 2 saturated heterocycles. The molecule has 7 rings (SSSR count). The fourth-order valence-electron chi connectivity index (χ4n) is 5.44. The van der Waals surface area contributed by atoms with Crippen LogP contribution in [0.3, 0.4) is 0 Å². The Balaban J connectivity index is 0.000000432. The first kappa shape index (κ1) is 66.4. The first-order valence-corrected chi connectivity index (χ1v) is 27.5. The summed E-state index contributed by atoms with van der Waals surface area (Å²) in [6.07, 6.45) is 2.77. The highest BCUT2D eigenvalue weighted by Crippen LogP contribution is 2.23. The van der Waals surface area contributed by atoms with Gasteiger partial charge in [0.25, 0.3) is 28.8 Å². The Morgan fingerprint density at radius 3 is 1.47 bits per heavy atom. The summed E-state index contributed by atoms with van der Waals surface area (Å²) < 4.78 is 63.6. The summed E-state index contributed by atoms with van der Waals surface area (Å²) in [6, 6.07) is -0.0682. The van der Waals surface area contributed by atoms with Crippen LogP contribution in [0.25, 0.3) is 0 Å². The van der Waals surface area contributed by atoms with E-state index in [4.69, 9.17) is 5.11 Å². The standard InChI is InChI=1S/C7H11NOS.2C6H11N3O.2C6H12N2O3S.C6H10N2O2.C6H10N2OS/c1-7(2,3)5-4-6(9)8-10-5;1-6(2,3)9-4-5(10)7-8-9;1-6(2,3)9-7-4-5(10)8-9;1-4(2)8-5(3)6(9)7-12(8,10)11;1-4(2)8-6(9)5(3)7-12(8,10)11;2*1-6(2,3)4-7-5(9)10-8-4/h4H,1-3H3,(H,8,9);4,10H,1-3H3;4H,1-3H3,(H,8,10);4-5H,1-3H3,(H,7,9);4-5,7H,1-3H3;2*1-3H3,(H,7,8,9). The molecule has 7 N–H and O–H groups in total. The summed E-state index contributed by atoms with van der Waals surface area (Å²) in [5.74, 6) is -0.0199. The molecule has 0 aromatic carbocycles. The zero-order valence-corrected chi connectivity index (χ0v) is 49.4. The van der Waals surface area contributed by atoms with Gasteiger partial charge in [0.05, 0.1) is 17.3 Å². The van der Waals surface area contributed by atoms with Crippen molar-refractivity contribution in [2.75, 3.05) is 0 Å². The van der Waals surface area contributed by atoms with Crippen LogP contribution in [0.4, 0.5) is 0 Å². The monoisotopic (exact) mass is 1120 g/mol. The molecule has 2 fully saturated rings. The first-order chi connectivity index (χ1) is 33.2. The first-order valence-electron chi connectivity index (χ1n) is 23.0. The van der Waals surface area contributed by atoms with E-state index < -0.39 is 44.2 Å². The number of hydrogen-bond acceptors (Lipinski definition) is 19. The van der Waals surface area contributed by atoms with Crippen LogP contribution in [0, 0.1) is 0 Å². The summed E-state index contributed by atoms with van der Waals surface area (Å²) in [6.45, 7) is 39.9. The molecule has 74 heavy (non-hydrogen) atoms. The Kier molecular flexibility index (Phi) is 23.1. The summed E-state index contributed by atoms with van der Waals surface area (Å²) in [5.41, 5.74) is -0.476. The zero-order chi connectivity index (χ0) is 57.9. The SMILES string of the molecule is CC(C)(C)c1cc(=O)[nH]s1.CC(C)(C)c1noc(=O)[nH]1.CC(C)(C)c1nsc(=O)[nH]1.CC(C)(C)n1cc(O)nn1.CC(C)(C)n1ncc(=O)[nH]1.CC(C)N1C(C)C(=O)NS1(=O)=O.CC1NS(=O)(=O)N(C(C)C)C1=O. The normalized spacial score (nSPS) is 17.4. The second kappa shape index (κ2) is 25.7. The smallest absolute Gasteiger partial charge is 0.438 e. The van der Waals surface area contributed by atoms with Crippen LogP contribution in [0.1, 0.15) is 162 Å². The average Bonchev–Trinajstić information content (AvgIpc) is 4.07. The second-order valence-electron chi connectivity index (χ2n) is 22.3. The number of nitrogens with one attached hydrogen (secondary N) is 6. The second-order valence-corrected chi connectivity index (χ2v) is 27.0. The maximum atomic E-state index is 11.2. The predicted molar refractivity (Wildman–Crippen MR) is 282 cm³/mol. The third-order valence-corrected chi connectivity index (χ3v) is 14.6. The van der Waals surface area contributed by atoms with Crippen LogP contribution in [0.5, 0.6) is 5.88 Å². The number of rotatable bonds is 2. The molecule has 420 valence electrons. The Labute approximate surface area is 440 Å². The molecule has 2 unspecified atom stereocenters. The van der Waals surface area contributed by atoms with E-state index in [1.54, 1.807) is 45.4 Å². The van der Waals surface area contributed by atoms with Gasteiger partial charge in [-0.1, -0.05) is 89.3 Å². The molecular weight excluding hydrogens is 1050 g/mol. The number of amides is 2. The molecule has 5 aromatic rings. The van der Waals surface area contributed by atoms with Crippen molar-refractivity contribution < 1.29 is 36.1 Å². The minimum atomic E-state index is -3.55. The van der Waals surface area contributed by atoms with E-state index >= 15 is 0 Å². The van der Waals surface area contributed by atoms with Gasteiger partial charge in [-0.05, 0) is 88.5 Å². The molecule has 31 heteroatoms. The highest BCUT2D eigenvalue weighted by Gasteiger charge is 2.43. The fourth-order valence-corrected chi connectivity index (χ4v) is 10.0. The van der Waals surface area contributed by atoms with Gasteiger partial charge in [-0.2, -0.15) is 40.1 Å². The van der Waals surface area contributed by atoms with Gasteiger partial charge in [0.2, 0.25) is 0 Å². The molecule has 0 spiro atoms. The maximum absolute atomic E-state index is 11.2. The summed E-state index contributed by atoms with van der Waals surface area (Å²) in [5, 5.41) is 25.9. The number of carbonyl (C=O) groups excluding carboxylic acids is 2. The van der Waals surface area contributed by atoms with Crippen LogP contribution >= 0.6 is 23.1 Å². The summed E-state index contributed by atoms with van der Waals surface area (Å²) in [4.78, 5) is 72.3. The number of aromatic amines is 4. The lowest BCUT2D eigenvalue weighted by molar-refractivity contribution is -0.127. The average molecular weight is 1120 g/mol. The minimum absolute atomic E-state index is 0.00919. The Morgan fingerprint density at radius 1 is 0.730 bits per heavy atom. The molecule has 5 aromatic heterocycles. The maximum Gasteiger partial charge on any atom is 0.438 e. The van der Waals surface area contributed by atoms with Crippen molar-refractivity contribution in [3.05, 3.63) is 75.9 Å². The van der Waals surface area contributed by atoms with Gasteiger partial charge in [-0.25, -0.2) is 23.6 Å². The Bertz CT molecular complexity index is 2780. The number of H-pyrrole nitrogens is 4. The zero-order valence-electron chi connectivity index (χ0n) is 46.1. The molecule has 27 nitrogen and oxygen atoms in total. The van der Waals surface area contributed by atoms with E-state index in [0.717, 1.165) is 30.8 Å². The van der Waals surface area contributed by atoms with E-state index in [0.29, 0.717) is 5.82 Å². The third-order valence-electron chi connectivity index (χ3n) is 9.29. The van der Waals surface area contributed by atoms with Crippen molar-refractivity contribution in [2.24, 2.45) is 0 Å². The molecule has 2 aliphatic heterocycles. The fraction of sp³-hybridized carbons (Fsp3) is 0.698. The highest BCUT2D eigenvalue weighted by atomic mass is 32.2. The number of carbonyl (C=O) groups is 2. The van der Waals surface area contributed by atoms with Crippen LogP contribution in [0.15, 0.2) is 42.2 Å². The highest BCUT2D eigenvalue weighted by molar-refractivity contribution is 7.88. The molecule has 2 amide bonds. The van der Waals surface area contributed by atoms with E-state index in [9.17, 15) is 45.6 Å². The third kappa shape index (κ3) is 21.3. The van der Waals surface area contributed by atoms with Crippen molar-refractivity contribution in [3.8, 4) is 5.88 Å². The Hall–Kier alpha value is -5.63. The molecule has 2 atom stereocenters. The van der Waals surface area contributed by atoms with Gasteiger partial charge in [0.1, 0.15) is 24.1 Å². The lowest BCUT2D eigenvalue weighted by Gasteiger charge is -2.20. The van der Waals surface area contributed by atoms with E-state index in [-0.39, 0.29) is 67.2 Å². The molecule has 7 heterocycles. The van der Waals surface area contributed by atoms with Gasteiger partial charge in [-0.3, -0.25) is 42.8 Å². The van der Waals surface area contributed by atoms with E-state index in [2.05, 4.69) is 74.4 Å². The van der Waals surface area contributed by atoms with Gasteiger partial charge in [0, 0.05) is 45.4 Å². The van der Waals surface area contributed by atoms with E-state index in [1.165, 1.54) is 35.6 Å². The van der Waals surface area contributed by atoms with Crippen LogP contribution in [-0.4, -0.2) is 120 Å². The Morgan fingerprint density at radius 2 is 1.28 bits per heavy atom. The number of hydrogen-bond donors (Lipinski definition) is 7. The van der Waals surface area contributed by atoms with Gasteiger partial charge >= 0.3 is 31.0 Å². The summed E-state index contributed by atoms with van der Waals surface area (Å²) >= 11 is 2.39. The van der Waals surface area contributed by atoms with Crippen molar-refractivity contribution in [1.29, 1.82) is 0 Å². The molecule has 0 aliphatic carbocycles. The number of nitrogens with zero attached hydrogens (tertiary/aromatic N) is 9. The summed E-state index contributed by atoms with van der Waals surface area (Å²) in [7, 11) is -7.10. The molecule has 0 radical (unpaired) electrons. The molecule has 0 saturated carbocycles. The van der Waals surface area contributed by atoms with Crippen molar-refractivity contribution >= 4 is 55.3 Å². The van der Waals surface area contributed by atoms with Gasteiger partial charge in [0.15, 0.2) is 5.82 Å². The van der Waals surface area contributed by atoms with Gasteiger partial charge < -0.3 is 5.11 Å². The quantitative estimate of drug-likeness (QED) is 0.133. The topological polar surface area (TPSA) is 372 Å². The number of aromatic hydroxyl groups is 1. The van der Waals surface area contributed by atoms with Gasteiger partial charge in [-0.15, -0.1) is 0 Å². The minimum Gasteiger partial charge on any atom is -0.491 e.